The molecule has 4 heteroatoms. The van der Waals surface area contributed by atoms with E-state index in [4.69, 9.17) is 16.3 Å². The number of hydrogen-bond donors (Lipinski definition) is 1. The zero-order valence-electron chi connectivity index (χ0n) is 13.1. The summed E-state index contributed by atoms with van der Waals surface area (Å²) in [5.74, 6) is 0.827. The first kappa shape index (κ1) is 14.8. The fraction of sp³-hybridized carbons (Fsp3) is 0.0500. The highest BCUT2D eigenvalue weighted by molar-refractivity contribution is 6.36. The number of nitrogens with one attached hydrogen (secondary N) is 1. The van der Waals surface area contributed by atoms with Crippen LogP contribution < -0.4 is 4.74 Å². The maximum absolute atomic E-state index is 6.39. The summed E-state index contributed by atoms with van der Waals surface area (Å²) in [5.41, 5.74) is 5.19. The number of aromatic amines is 1. The summed E-state index contributed by atoms with van der Waals surface area (Å²) >= 11 is 6.39. The van der Waals surface area contributed by atoms with E-state index in [0.717, 1.165) is 43.9 Å². The molecular formula is C20H15ClN2O. The topological polar surface area (TPSA) is 37.9 Å². The van der Waals surface area contributed by atoms with Crippen LogP contribution >= 0.6 is 11.6 Å². The third-order valence-corrected chi connectivity index (χ3v) is 4.42. The van der Waals surface area contributed by atoms with E-state index in [1.165, 1.54) is 0 Å². The Morgan fingerprint density at radius 3 is 2.67 bits per heavy atom. The Morgan fingerprint density at radius 1 is 0.958 bits per heavy atom. The van der Waals surface area contributed by atoms with Crippen LogP contribution in [0.4, 0.5) is 0 Å². The van der Waals surface area contributed by atoms with Gasteiger partial charge in [0.2, 0.25) is 0 Å². The third-order valence-electron chi connectivity index (χ3n) is 4.11. The van der Waals surface area contributed by atoms with Gasteiger partial charge in [0.05, 0.1) is 12.1 Å². The van der Waals surface area contributed by atoms with Gasteiger partial charge < -0.3 is 9.72 Å². The molecule has 118 valence electrons. The van der Waals surface area contributed by atoms with Gasteiger partial charge in [-0.15, -0.1) is 0 Å². The average Bonchev–Trinajstić information content (AvgIpc) is 3.07. The van der Waals surface area contributed by atoms with Crippen molar-refractivity contribution in [2.24, 2.45) is 0 Å². The van der Waals surface area contributed by atoms with Crippen molar-refractivity contribution in [1.82, 2.24) is 9.97 Å². The molecule has 3 nitrogen and oxygen atoms in total. The molecule has 0 aliphatic rings. The Labute approximate surface area is 144 Å². The molecule has 0 aliphatic heterocycles. The minimum Gasteiger partial charge on any atom is -0.497 e. The molecule has 24 heavy (non-hydrogen) atoms. The van der Waals surface area contributed by atoms with Crippen molar-refractivity contribution in [2.45, 2.75) is 0 Å². The number of aromatic nitrogens is 2. The van der Waals surface area contributed by atoms with Crippen molar-refractivity contribution < 1.29 is 4.74 Å². The first-order valence-electron chi connectivity index (χ1n) is 7.62. The number of pyridine rings is 1. The second kappa shape index (κ2) is 6.02. The maximum Gasteiger partial charge on any atom is 0.119 e. The average molecular weight is 335 g/mol. The lowest BCUT2D eigenvalue weighted by Crippen LogP contribution is -1.86. The monoisotopic (exact) mass is 334 g/mol. The van der Waals surface area contributed by atoms with Gasteiger partial charge in [0, 0.05) is 46.2 Å². The van der Waals surface area contributed by atoms with Crippen LogP contribution in [0.2, 0.25) is 5.02 Å². The van der Waals surface area contributed by atoms with E-state index < -0.39 is 0 Å². The summed E-state index contributed by atoms with van der Waals surface area (Å²) in [6.45, 7) is 0. The predicted molar refractivity (Wildman–Crippen MR) is 98.5 cm³/mol. The van der Waals surface area contributed by atoms with Crippen molar-refractivity contribution >= 4 is 22.5 Å². The minimum atomic E-state index is 0.732. The van der Waals surface area contributed by atoms with Crippen molar-refractivity contribution in [2.75, 3.05) is 7.11 Å². The molecule has 0 unspecified atom stereocenters. The van der Waals surface area contributed by atoms with Crippen LogP contribution in [0.1, 0.15) is 0 Å². The highest BCUT2D eigenvalue weighted by atomic mass is 35.5. The van der Waals surface area contributed by atoms with Crippen LogP contribution in [-0.2, 0) is 0 Å². The highest BCUT2D eigenvalue weighted by Crippen LogP contribution is 2.35. The van der Waals surface area contributed by atoms with Crippen LogP contribution in [0.25, 0.3) is 33.2 Å². The first-order valence-corrected chi connectivity index (χ1v) is 7.99. The number of methoxy groups -OCH3 is 1. The van der Waals surface area contributed by atoms with E-state index in [-0.39, 0.29) is 0 Å². The van der Waals surface area contributed by atoms with E-state index in [1.807, 2.05) is 61.1 Å². The van der Waals surface area contributed by atoms with Gasteiger partial charge in [-0.25, -0.2) is 0 Å². The van der Waals surface area contributed by atoms with Gasteiger partial charge in [0.25, 0.3) is 0 Å². The molecule has 0 bridgehead atoms. The largest absolute Gasteiger partial charge is 0.497 e. The van der Waals surface area contributed by atoms with Gasteiger partial charge in [-0.2, -0.15) is 0 Å². The third kappa shape index (κ3) is 2.53. The van der Waals surface area contributed by atoms with Gasteiger partial charge in [0.15, 0.2) is 0 Å². The maximum atomic E-state index is 6.39. The van der Waals surface area contributed by atoms with E-state index in [0.29, 0.717) is 0 Å². The Morgan fingerprint density at radius 2 is 1.79 bits per heavy atom. The molecule has 0 atom stereocenters. The molecule has 0 aliphatic carbocycles. The van der Waals surface area contributed by atoms with Crippen molar-refractivity contribution in [3.8, 4) is 28.0 Å². The number of H-pyrrole nitrogens is 1. The Hall–Kier alpha value is -2.78. The van der Waals surface area contributed by atoms with Gasteiger partial charge in [0.1, 0.15) is 5.75 Å². The fourth-order valence-electron chi connectivity index (χ4n) is 2.92. The zero-order chi connectivity index (χ0) is 16.5. The molecule has 0 saturated heterocycles. The number of nitrogens with zero attached hydrogens (tertiary/aromatic N) is 1. The molecule has 2 aromatic heterocycles. The summed E-state index contributed by atoms with van der Waals surface area (Å²) < 4.78 is 5.31. The quantitative estimate of drug-likeness (QED) is 0.532. The summed E-state index contributed by atoms with van der Waals surface area (Å²) in [5, 5.41) is 1.75. The second-order valence-corrected chi connectivity index (χ2v) is 5.97. The first-order chi connectivity index (χ1) is 11.8. The molecule has 0 amide bonds. The van der Waals surface area contributed by atoms with Gasteiger partial charge >= 0.3 is 0 Å². The minimum absolute atomic E-state index is 0.732. The van der Waals surface area contributed by atoms with E-state index in [1.54, 1.807) is 7.11 Å². The standard InChI is InChI=1S/C20H15ClN2O/c1-24-16-5-2-4-13(9-16)14-8-15(11-22-10-14)17-12-23-19-7-3-6-18(21)20(17)19/h2-12,23H,1H3. The summed E-state index contributed by atoms with van der Waals surface area (Å²) in [7, 11) is 1.67. The molecule has 1 N–H and O–H groups in total. The predicted octanol–water partition coefficient (Wildman–Crippen LogP) is 5.56. The molecule has 0 spiro atoms. The van der Waals surface area contributed by atoms with Crippen molar-refractivity contribution in [3.05, 3.63) is 72.1 Å². The summed E-state index contributed by atoms with van der Waals surface area (Å²) in [4.78, 5) is 7.68. The summed E-state index contributed by atoms with van der Waals surface area (Å²) in [6.07, 6.45) is 5.69. The smallest absolute Gasteiger partial charge is 0.119 e. The normalized spacial score (nSPS) is 10.9. The number of hydrogen-bond acceptors (Lipinski definition) is 2. The number of fused-ring (bicyclic) bond motifs is 1. The molecule has 4 aromatic rings. The fourth-order valence-corrected chi connectivity index (χ4v) is 3.19. The number of rotatable bonds is 3. The zero-order valence-corrected chi connectivity index (χ0v) is 13.8. The lowest BCUT2D eigenvalue weighted by Gasteiger charge is -2.07. The number of ether oxygens (including phenoxy) is 1. The SMILES string of the molecule is COc1cccc(-c2cncc(-c3c[nH]c4cccc(Cl)c34)c2)c1. The van der Waals surface area contributed by atoms with Gasteiger partial charge in [-0.05, 0) is 35.9 Å². The Balaban J connectivity index is 1.85. The molecule has 0 radical (unpaired) electrons. The number of halogens is 1. The molecule has 2 heterocycles. The Kier molecular flexibility index (Phi) is 3.71. The van der Waals surface area contributed by atoms with Gasteiger partial charge in [-0.1, -0.05) is 29.8 Å². The van der Waals surface area contributed by atoms with Gasteiger partial charge in [-0.3, -0.25) is 4.98 Å². The van der Waals surface area contributed by atoms with Crippen LogP contribution in [0.15, 0.2) is 67.1 Å². The molecule has 4 rings (SSSR count). The molecule has 2 aromatic carbocycles. The van der Waals surface area contributed by atoms with Crippen LogP contribution in [0, 0.1) is 0 Å². The second-order valence-electron chi connectivity index (χ2n) is 5.56. The van der Waals surface area contributed by atoms with E-state index in [2.05, 4.69) is 16.0 Å². The van der Waals surface area contributed by atoms with Crippen molar-refractivity contribution in [1.29, 1.82) is 0 Å². The Bertz CT molecular complexity index is 1020. The van der Waals surface area contributed by atoms with E-state index >= 15 is 0 Å². The van der Waals surface area contributed by atoms with Crippen LogP contribution in [-0.4, -0.2) is 17.1 Å². The lowest BCUT2D eigenvalue weighted by atomic mass is 10.0. The molecular weight excluding hydrogens is 320 g/mol. The highest BCUT2D eigenvalue weighted by Gasteiger charge is 2.11. The number of benzene rings is 2. The summed E-state index contributed by atoms with van der Waals surface area (Å²) in [6, 6.07) is 15.9. The van der Waals surface area contributed by atoms with Crippen molar-refractivity contribution in [3.63, 3.8) is 0 Å². The lowest BCUT2D eigenvalue weighted by molar-refractivity contribution is 0.415. The molecule has 0 fully saturated rings. The van der Waals surface area contributed by atoms with E-state index in [9.17, 15) is 0 Å². The molecule has 0 saturated carbocycles. The van der Waals surface area contributed by atoms with Crippen LogP contribution in [0.3, 0.4) is 0 Å². The van der Waals surface area contributed by atoms with Crippen LogP contribution in [0.5, 0.6) is 5.75 Å².